The zero-order valence-corrected chi connectivity index (χ0v) is 21.8. The summed E-state index contributed by atoms with van der Waals surface area (Å²) in [6.07, 6.45) is 0.762. The van der Waals surface area contributed by atoms with Crippen LogP contribution >= 0.6 is 11.6 Å². The lowest BCUT2D eigenvalue weighted by atomic mass is 10.1. The maximum Gasteiger partial charge on any atom is 0.241 e. The number of nitrogens with zero attached hydrogens (tertiary/aromatic N) is 1. The van der Waals surface area contributed by atoms with E-state index < -0.39 is 0 Å². The van der Waals surface area contributed by atoms with Gasteiger partial charge in [-0.2, -0.15) is 0 Å². The fraction of sp³-hybridized carbons (Fsp3) is 0.345. The molecule has 1 amide bonds. The molecule has 196 valence electrons. The van der Waals surface area contributed by atoms with Gasteiger partial charge in [0.15, 0.2) is 0 Å². The maximum absolute atomic E-state index is 12.7. The first-order valence-electron chi connectivity index (χ1n) is 12.4. The molecule has 1 saturated heterocycles. The minimum atomic E-state index is -0.115. The van der Waals surface area contributed by atoms with E-state index in [-0.39, 0.29) is 11.9 Å². The monoisotopic (exact) mass is 524 g/mol. The molecule has 7 nitrogen and oxygen atoms in total. The van der Waals surface area contributed by atoms with Gasteiger partial charge in [0.2, 0.25) is 5.91 Å². The van der Waals surface area contributed by atoms with Crippen LogP contribution in [0.2, 0.25) is 5.02 Å². The molecule has 1 fully saturated rings. The smallest absolute Gasteiger partial charge is 0.241 e. The van der Waals surface area contributed by atoms with Gasteiger partial charge in [-0.1, -0.05) is 48.0 Å². The van der Waals surface area contributed by atoms with E-state index >= 15 is 0 Å². The van der Waals surface area contributed by atoms with Gasteiger partial charge in [-0.3, -0.25) is 4.79 Å². The first-order chi connectivity index (χ1) is 18.2. The third-order valence-corrected chi connectivity index (χ3v) is 6.45. The average Bonchev–Trinajstić information content (AvgIpc) is 2.92. The Hall–Kier alpha value is -3.10. The molecule has 1 heterocycles. The summed E-state index contributed by atoms with van der Waals surface area (Å²) in [5.41, 5.74) is 2.78. The summed E-state index contributed by atoms with van der Waals surface area (Å²) in [5.74, 6) is 1.59. The predicted octanol–water partition coefficient (Wildman–Crippen LogP) is 4.86. The Labute approximate surface area is 223 Å². The number of para-hydroxylation sites is 1. The Morgan fingerprint density at radius 3 is 2.43 bits per heavy atom. The summed E-state index contributed by atoms with van der Waals surface area (Å²) in [7, 11) is 1.66. The lowest BCUT2D eigenvalue weighted by Gasteiger charge is -2.36. The van der Waals surface area contributed by atoms with E-state index in [4.69, 9.17) is 30.5 Å². The standard InChI is InChI=1S/C29H33ClN2O5/c1-34-28-10-5-3-8-23(28)20-35-15-6-16-37-26-13-11-24(12-14-26)32-25(17-31-18-29(32)33)21-36-19-22-7-2-4-9-27(22)30/h2-5,7-14,25,31H,6,15-21H2,1H3/t25-/m1/s1. The summed E-state index contributed by atoms with van der Waals surface area (Å²) in [6, 6.07) is 22.9. The van der Waals surface area contributed by atoms with Crippen molar-refractivity contribution in [2.75, 3.05) is 44.9 Å². The van der Waals surface area contributed by atoms with E-state index in [1.54, 1.807) is 12.0 Å². The molecule has 37 heavy (non-hydrogen) atoms. The van der Waals surface area contributed by atoms with Crippen LogP contribution in [-0.4, -0.2) is 52.0 Å². The highest BCUT2D eigenvalue weighted by atomic mass is 35.5. The van der Waals surface area contributed by atoms with Gasteiger partial charge in [-0.05, 0) is 42.0 Å². The van der Waals surface area contributed by atoms with Crippen molar-refractivity contribution < 1.29 is 23.7 Å². The predicted molar refractivity (Wildman–Crippen MR) is 144 cm³/mol. The number of benzene rings is 3. The third kappa shape index (κ3) is 7.69. The highest BCUT2D eigenvalue weighted by Crippen LogP contribution is 2.24. The zero-order chi connectivity index (χ0) is 25.9. The van der Waals surface area contributed by atoms with Gasteiger partial charge in [-0.15, -0.1) is 0 Å². The molecule has 0 spiro atoms. The lowest BCUT2D eigenvalue weighted by Crippen LogP contribution is -2.57. The van der Waals surface area contributed by atoms with Gasteiger partial charge >= 0.3 is 0 Å². The Kier molecular flexibility index (Phi) is 10.2. The first kappa shape index (κ1) is 26.9. The van der Waals surface area contributed by atoms with Crippen molar-refractivity contribution in [3.8, 4) is 11.5 Å². The zero-order valence-electron chi connectivity index (χ0n) is 21.0. The lowest BCUT2D eigenvalue weighted by molar-refractivity contribution is -0.119. The molecule has 1 aliphatic heterocycles. The summed E-state index contributed by atoms with van der Waals surface area (Å²) in [5, 5.41) is 3.85. The van der Waals surface area contributed by atoms with Crippen LogP contribution in [0.5, 0.6) is 11.5 Å². The third-order valence-electron chi connectivity index (χ3n) is 6.08. The van der Waals surface area contributed by atoms with Crippen LogP contribution in [0.4, 0.5) is 5.69 Å². The van der Waals surface area contributed by atoms with Gasteiger partial charge in [-0.25, -0.2) is 0 Å². The van der Waals surface area contributed by atoms with Crippen LogP contribution < -0.4 is 19.7 Å². The quantitative estimate of drug-likeness (QED) is 0.322. The second-order valence-electron chi connectivity index (χ2n) is 8.72. The van der Waals surface area contributed by atoms with Crippen molar-refractivity contribution in [2.45, 2.75) is 25.7 Å². The first-order valence-corrected chi connectivity index (χ1v) is 12.8. The number of methoxy groups -OCH3 is 1. The number of anilines is 1. The molecule has 8 heteroatoms. The van der Waals surface area contributed by atoms with Gasteiger partial charge < -0.3 is 29.2 Å². The maximum atomic E-state index is 12.7. The molecule has 1 atom stereocenters. The molecule has 0 saturated carbocycles. The van der Waals surface area contributed by atoms with Crippen LogP contribution in [0, 0.1) is 0 Å². The molecule has 0 bridgehead atoms. The van der Waals surface area contributed by atoms with Crippen molar-refractivity contribution in [2.24, 2.45) is 0 Å². The number of amides is 1. The number of carbonyl (C=O) groups excluding carboxylic acids is 1. The fourth-order valence-corrected chi connectivity index (χ4v) is 4.38. The van der Waals surface area contributed by atoms with Crippen molar-refractivity contribution in [1.29, 1.82) is 0 Å². The highest BCUT2D eigenvalue weighted by molar-refractivity contribution is 6.31. The average molecular weight is 525 g/mol. The molecule has 0 unspecified atom stereocenters. The molecular formula is C29H33ClN2O5. The number of halogens is 1. The molecule has 0 aromatic heterocycles. The number of ether oxygens (including phenoxy) is 4. The number of hydrogen-bond donors (Lipinski definition) is 1. The molecule has 3 aromatic rings. The van der Waals surface area contributed by atoms with E-state index in [1.807, 2.05) is 72.8 Å². The number of rotatable bonds is 13. The van der Waals surface area contributed by atoms with E-state index in [9.17, 15) is 4.79 Å². The number of hydrogen-bond acceptors (Lipinski definition) is 6. The molecular weight excluding hydrogens is 492 g/mol. The van der Waals surface area contributed by atoms with Crippen molar-refractivity contribution >= 4 is 23.2 Å². The summed E-state index contributed by atoms with van der Waals surface area (Å²) in [6.45, 7) is 3.37. The SMILES string of the molecule is COc1ccccc1COCCCOc1ccc(N2C(=O)CNC[C@@H]2COCc2ccccc2Cl)cc1. The molecule has 3 aromatic carbocycles. The number of carbonyl (C=O) groups is 1. The second kappa shape index (κ2) is 14.0. The van der Waals surface area contributed by atoms with Crippen LogP contribution in [0.1, 0.15) is 17.5 Å². The summed E-state index contributed by atoms with van der Waals surface area (Å²) in [4.78, 5) is 14.5. The number of nitrogens with one attached hydrogen (secondary N) is 1. The van der Waals surface area contributed by atoms with Crippen LogP contribution in [0.25, 0.3) is 0 Å². The Balaban J connectivity index is 1.22. The molecule has 1 aliphatic rings. The van der Waals surface area contributed by atoms with Crippen LogP contribution in [0.3, 0.4) is 0 Å². The number of piperazine rings is 1. The fourth-order valence-electron chi connectivity index (χ4n) is 4.19. The summed E-state index contributed by atoms with van der Waals surface area (Å²) < 4.78 is 22.9. The van der Waals surface area contributed by atoms with Crippen LogP contribution in [0.15, 0.2) is 72.8 Å². The normalized spacial score (nSPS) is 15.6. The Morgan fingerprint density at radius 1 is 0.919 bits per heavy atom. The topological polar surface area (TPSA) is 69.3 Å². The van der Waals surface area contributed by atoms with E-state index in [0.29, 0.717) is 51.1 Å². The van der Waals surface area contributed by atoms with Gasteiger partial charge in [0.05, 0.1) is 52.7 Å². The molecule has 1 N–H and O–H groups in total. The largest absolute Gasteiger partial charge is 0.496 e. The van der Waals surface area contributed by atoms with Crippen molar-refractivity contribution in [3.63, 3.8) is 0 Å². The van der Waals surface area contributed by atoms with Gasteiger partial charge in [0, 0.05) is 29.2 Å². The second-order valence-corrected chi connectivity index (χ2v) is 9.12. The van der Waals surface area contributed by atoms with Crippen molar-refractivity contribution in [1.82, 2.24) is 5.32 Å². The van der Waals surface area contributed by atoms with E-state index in [1.165, 1.54) is 0 Å². The van der Waals surface area contributed by atoms with E-state index in [0.717, 1.165) is 34.7 Å². The van der Waals surface area contributed by atoms with Gasteiger partial charge in [0.1, 0.15) is 11.5 Å². The van der Waals surface area contributed by atoms with E-state index in [2.05, 4.69) is 5.32 Å². The van der Waals surface area contributed by atoms with Gasteiger partial charge in [0.25, 0.3) is 0 Å². The van der Waals surface area contributed by atoms with Crippen molar-refractivity contribution in [3.05, 3.63) is 88.9 Å². The molecule has 0 radical (unpaired) electrons. The highest BCUT2D eigenvalue weighted by Gasteiger charge is 2.29. The Bertz CT molecular complexity index is 1140. The molecule has 4 rings (SSSR count). The minimum absolute atomic E-state index is 0.0125. The minimum Gasteiger partial charge on any atom is -0.496 e. The summed E-state index contributed by atoms with van der Waals surface area (Å²) >= 11 is 6.23. The Morgan fingerprint density at radius 2 is 1.65 bits per heavy atom. The molecule has 0 aliphatic carbocycles. The van der Waals surface area contributed by atoms with Crippen LogP contribution in [-0.2, 0) is 27.5 Å².